The third-order valence-corrected chi connectivity index (χ3v) is 3.81. The molecule has 3 nitrogen and oxygen atoms in total. The molecule has 0 aliphatic heterocycles. The van der Waals surface area contributed by atoms with Gasteiger partial charge in [-0.25, -0.2) is 0 Å². The van der Waals surface area contributed by atoms with Crippen molar-refractivity contribution in [2.24, 2.45) is 5.92 Å². The molecule has 2 rings (SSSR count). The molecule has 1 N–H and O–H groups in total. The molecule has 0 amide bonds. The van der Waals surface area contributed by atoms with E-state index in [0.29, 0.717) is 6.04 Å². The number of pyridine rings is 1. The van der Waals surface area contributed by atoms with Gasteiger partial charge in [0.05, 0.1) is 13.3 Å². The second-order valence-corrected chi connectivity index (χ2v) is 5.13. The zero-order valence-electron chi connectivity index (χ0n) is 11.5. The lowest BCUT2D eigenvalue weighted by molar-refractivity contribution is 0.363. The summed E-state index contributed by atoms with van der Waals surface area (Å²) in [6.07, 6.45) is 10.3. The van der Waals surface area contributed by atoms with E-state index in [0.717, 1.165) is 18.2 Å². The van der Waals surface area contributed by atoms with Gasteiger partial charge in [0.2, 0.25) is 0 Å². The van der Waals surface area contributed by atoms with E-state index < -0.39 is 0 Å². The Hall–Kier alpha value is -1.09. The van der Waals surface area contributed by atoms with Crippen LogP contribution in [-0.2, 0) is 0 Å². The molecule has 18 heavy (non-hydrogen) atoms. The van der Waals surface area contributed by atoms with Crippen LogP contribution >= 0.6 is 0 Å². The lowest BCUT2D eigenvalue weighted by atomic mass is 9.92. The number of hydrogen-bond donors (Lipinski definition) is 1. The van der Waals surface area contributed by atoms with E-state index in [4.69, 9.17) is 4.74 Å². The van der Waals surface area contributed by atoms with Crippen LogP contribution in [0.2, 0.25) is 0 Å². The quantitative estimate of drug-likeness (QED) is 0.838. The smallest absolute Gasteiger partial charge is 0.137 e. The molecule has 0 aromatic carbocycles. The first-order chi connectivity index (χ1) is 8.85. The third kappa shape index (κ3) is 3.22. The van der Waals surface area contributed by atoms with E-state index in [1.165, 1.54) is 37.7 Å². The van der Waals surface area contributed by atoms with Crippen molar-refractivity contribution in [2.45, 2.75) is 45.1 Å². The van der Waals surface area contributed by atoms with E-state index >= 15 is 0 Å². The van der Waals surface area contributed by atoms with Crippen LogP contribution in [0.4, 0.5) is 0 Å². The molecule has 3 heteroatoms. The van der Waals surface area contributed by atoms with E-state index in [1.54, 1.807) is 13.3 Å². The fourth-order valence-corrected chi connectivity index (χ4v) is 2.86. The molecule has 0 saturated heterocycles. The van der Waals surface area contributed by atoms with Gasteiger partial charge in [0.15, 0.2) is 0 Å². The van der Waals surface area contributed by atoms with Crippen molar-refractivity contribution in [3.05, 3.63) is 24.0 Å². The molecule has 1 heterocycles. The zero-order valence-corrected chi connectivity index (χ0v) is 11.5. The topological polar surface area (TPSA) is 34.2 Å². The van der Waals surface area contributed by atoms with E-state index in [2.05, 4.69) is 23.3 Å². The van der Waals surface area contributed by atoms with Crippen LogP contribution in [0.15, 0.2) is 18.5 Å². The molecule has 0 spiro atoms. The maximum absolute atomic E-state index is 5.28. The predicted octanol–water partition coefficient (Wildman–Crippen LogP) is 3.32. The Labute approximate surface area is 110 Å². The Kier molecular flexibility index (Phi) is 5.00. The molecule has 1 aromatic heterocycles. The molecule has 1 aliphatic carbocycles. The maximum Gasteiger partial charge on any atom is 0.137 e. The highest BCUT2D eigenvalue weighted by Crippen LogP contribution is 2.36. The van der Waals surface area contributed by atoms with E-state index in [9.17, 15) is 0 Å². The Balaban J connectivity index is 2.14. The van der Waals surface area contributed by atoms with E-state index in [1.807, 2.05) is 6.20 Å². The van der Waals surface area contributed by atoms with Crippen molar-refractivity contribution in [3.8, 4) is 5.75 Å². The molecule has 1 saturated carbocycles. The van der Waals surface area contributed by atoms with Crippen molar-refractivity contribution in [2.75, 3.05) is 13.7 Å². The van der Waals surface area contributed by atoms with Crippen LogP contribution in [0.5, 0.6) is 5.75 Å². The van der Waals surface area contributed by atoms with Crippen molar-refractivity contribution >= 4 is 0 Å². The van der Waals surface area contributed by atoms with Gasteiger partial charge in [-0.2, -0.15) is 0 Å². The SMILES string of the molecule is CCCNC(c1cncc(OC)c1)C1CCCC1. The number of rotatable bonds is 6. The van der Waals surface area contributed by atoms with Crippen LogP contribution in [0, 0.1) is 5.92 Å². The number of nitrogens with one attached hydrogen (secondary N) is 1. The van der Waals surface area contributed by atoms with Crippen LogP contribution in [0.1, 0.15) is 50.6 Å². The summed E-state index contributed by atoms with van der Waals surface area (Å²) in [6, 6.07) is 2.56. The minimum Gasteiger partial charge on any atom is -0.495 e. The Bertz CT molecular complexity index is 361. The van der Waals surface area contributed by atoms with Crippen molar-refractivity contribution < 1.29 is 4.74 Å². The average Bonchev–Trinajstić information content (AvgIpc) is 2.93. The second kappa shape index (κ2) is 6.74. The molecule has 100 valence electrons. The average molecular weight is 248 g/mol. The monoisotopic (exact) mass is 248 g/mol. The van der Waals surface area contributed by atoms with Gasteiger partial charge in [-0.15, -0.1) is 0 Å². The van der Waals surface area contributed by atoms with Gasteiger partial charge in [0, 0.05) is 12.2 Å². The number of ether oxygens (including phenoxy) is 1. The van der Waals surface area contributed by atoms with Gasteiger partial charge < -0.3 is 10.1 Å². The van der Waals surface area contributed by atoms with Gasteiger partial charge in [-0.1, -0.05) is 19.8 Å². The van der Waals surface area contributed by atoms with Crippen molar-refractivity contribution in [1.82, 2.24) is 10.3 Å². The molecular formula is C15H24N2O. The largest absolute Gasteiger partial charge is 0.495 e. The fourth-order valence-electron chi connectivity index (χ4n) is 2.86. The number of nitrogens with zero attached hydrogens (tertiary/aromatic N) is 1. The predicted molar refractivity (Wildman–Crippen MR) is 73.8 cm³/mol. The molecule has 1 aromatic rings. The van der Waals surface area contributed by atoms with Crippen LogP contribution in [-0.4, -0.2) is 18.6 Å². The van der Waals surface area contributed by atoms with Crippen molar-refractivity contribution in [1.29, 1.82) is 0 Å². The number of hydrogen-bond acceptors (Lipinski definition) is 3. The first-order valence-electron chi connectivity index (χ1n) is 7.07. The lowest BCUT2D eigenvalue weighted by Crippen LogP contribution is -2.28. The first kappa shape index (κ1) is 13.3. The molecule has 0 bridgehead atoms. The van der Waals surface area contributed by atoms with Gasteiger partial charge in [0.25, 0.3) is 0 Å². The summed E-state index contributed by atoms with van der Waals surface area (Å²) in [5.41, 5.74) is 1.27. The third-order valence-electron chi connectivity index (χ3n) is 3.81. The number of methoxy groups -OCH3 is 1. The summed E-state index contributed by atoms with van der Waals surface area (Å²) in [5, 5.41) is 3.68. The first-order valence-corrected chi connectivity index (χ1v) is 7.07. The van der Waals surface area contributed by atoms with Crippen LogP contribution < -0.4 is 10.1 Å². The van der Waals surface area contributed by atoms with E-state index in [-0.39, 0.29) is 0 Å². The second-order valence-electron chi connectivity index (χ2n) is 5.13. The molecule has 1 aliphatic rings. The maximum atomic E-state index is 5.28. The van der Waals surface area contributed by atoms with Crippen LogP contribution in [0.25, 0.3) is 0 Å². The highest BCUT2D eigenvalue weighted by Gasteiger charge is 2.26. The summed E-state index contributed by atoms with van der Waals surface area (Å²) in [4.78, 5) is 4.29. The fraction of sp³-hybridized carbons (Fsp3) is 0.667. The Morgan fingerprint density at radius 2 is 2.17 bits per heavy atom. The zero-order chi connectivity index (χ0) is 12.8. The van der Waals surface area contributed by atoms with Crippen LogP contribution in [0.3, 0.4) is 0 Å². The molecular weight excluding hydrogens is 224 g/mol. The van der Waals surface area contributed by atoms with Crippen molar-refractivity contribution in [3.63, 3.8) is 0 Å². The standard InChI is InChI=1S/C15H24N2O/c1-3-8-17-15(12-6-4-5-7-12)13-9-14(18-2)11-16-10-13/h9-12,15,17H,3-8H2,1-2H3. The summed E-state index contributed by atoms with van der Waals surface area (Å²) in [6.45, 7) is 3.28. The molecule has 1 unspecified atom stereocenters. The summed E-state index contributed by atoms with van der Waals surface area (Å²) in [7, 11) is 1.70. The highest BCUT2D eigenvalue weighted by atomic mass is 16.5. The normalized spacial score (nSPS) is 17.9. The molecule has 1 fully saturated rings. The number of aromatic nitrogens is 1. The Morgan fingerprint density at radius 3 is 2.83 bits per heavy atom. The molecule has 1 atom stereocenters. The summed E-state index contributed by atoms with van der Waals surface area (Å²) in [5.74, 6) is 1.61. The minimum absolute atomic E-state index is 0.440. The summed E-state index contributed by atoms with van der Waals surface area (Å²) < 4.78 is 5.28. The van der Waals surface area contributed by atoms with Gasteiger partial charge >= 0.3 is 0 Å². The summed E-state index contributed by atoms with van der Waals surface area (Å²) >= 11 is 0. The van der Waals surface area contributed by atoms with Gasteiger partial charge in [0.1, 0.15) is 5.75 Å². The van der Waals surface area contributed by atoms with Gasteiger partial charge in [-0.3, -0.25) is 4.98 Å². The molecule has 0 radical (unpaired) electrons. The minimum atomic E-state index is 0.440. The lowest BCUT2D eigenvalue weighted by Gasteiger charge is -2.25. The van der Waals surface area contributed by atoms with Gasteiger partial charge in [-0.05, 0) is 43.4 Å². The Morgan fingerprint density at radius 1 is 1.39 bits per heavy atom. The highest BCUT2D eigenvalue weighted by molar-refractivity contribution is 5.26.